The molecule has 90 valence electrons. The minimum absolute atomic E-state index is 0.219. The highest BCUT2D eigenvalue weighted by atomic mass is 32.1. The van der Waals surface area contributed by atoms with Gasteiger partial charge in [0, 0.05) is 12.5 Å². The van der Waals surface area contributed by atoms with Gasteiger partial charge in [-0.2, -0.15) is 0 Å². The Labute approximate surface area is 99.6 Å². The summed E-state index contributed by atoms with van der Waals surface area (Å²) in [6.07, 6.45) is 1.06. The zero-order valence-electron chi connectivity index (χ0n) is 10.1. The van der Waals surface area contributed by atoms with Crippen molar-refractivity contribution in [3.8, 4) is 0 Å². The van der Waals surface area contributed by atoms with E-state index in [0.717, 1.165) is 17.1 Å². The molecule has 0 aliphatic carbocycles. The molecule has 0 radical (unpaired) electrons. The van der Waals surface area contributed by atoms with Gasteiger partial charge in [-0.25, -0.2) is 4.98 Å². The fourth-order valence-corrected chi connectivity index (χ4v) is 2.26. The molecule has 4 nitrogen and oxygen atoms in total. The van der Waals surface area contributed by atoms with Crippen molar-refractivity contribution in [2.24, 2.45) is 0 Å². The largest absolute Gasteiger partial charge is 0.469 e. The Morgan fingerprint density at radius 2 is 2.25 bits per heavy atom. The summed E-state index contributed by atoms with van der Waals surface area (Å²) in [5.74, 6) is -0.271. The molecule has 1 heterocycles. The second kappa shape index (κ2) is 5.41. The number of aromatic nitrogens is 1. The van der Waals surface area contributed by atoms with Crippen molar-refractivity contribution in [3.05, 3.63) is 16.1 Å². The van der Waals surface area contributed by atoms with E-state index < -0.39 is 0 Å². The Bertz CT molecular complexity index is 358. The van der Waals surface area contributed by atoms with Crippen molar-refractivity contribution in [1.82, 2.24) is 4.98 Å². The molecular formula is C11H17NO3S. The summed E-state index contributed by atoms with van der Waals surface area (Å²) in [5, 5.41) is 2.77. The number of esters is 1. The molecule has 1 aromatic heterocycles. The van der Waals surface area contributed by atoms with E-state index >= 15 is 0 Å². The maximum Gasteiger partial charge on any atom is 0.311 e. The highest BCUT2D eigenvalue weighted by molar-refractivity contribution is 7.09. The van der Waals surface area contributed by atoms with Crippen LogP contribution in [0.25, 0.3) is 0 Å². The van der Waals surface area contributed by atoms with Crippen LogP contribution in [-0.4, -0.2) is 25.2 Å². The van der Waals surface area contributed by atoms with E-state index in [9.17, 15) is 4.79 Å². The molecule has 5 heteroatoms. The van der Waals surface area contributed by atoms with Crippen LogP contribution >= 0.6 is 11.3 Å². The van der Waals surface area contributed by atoms with Crippen LogP contribution < -0.4 is 0 Å². The molecule has 1 unspecified atom stereocenters. The van der Waals surface area contributed by atoms with E-state index in [4.69, 9.17) is 4.74 Å². The number of hydrogen-bond acceptors (Lipinski definition) is 5. The lowest BCUT2D eigenvalue weighted by Gasteiger charge is -2.23. The fourth-order valence-electron chi connectivity index (χ4n) is 1.23. The van der Waals surface area contributed by atoms with Gasteiger partial charge in [-0.15, -0.1) is 11.3 Å². The Hall–Kier alpha value is -0.940. The zero-order chi connectivity index (χ0) is 12.2. The Balaban J connectivity index is 2.82. The molecule has 16 heavy (non-hydrogen) atoms. The summed E-state index contributed by atoms with van der Waals surface area (Å²) in [5.41, 5.74) is 0.377. The lowest BCUT2D eigenvalue weighted by molar-refractivity contribution is -0.139. The quantitative estimate of drug-likeness (QED) is 0.743. The van der Waals surface area contributed by atoms with Gasteiger partial charge in [0.15, 0.2) is 0 Å². The van der Waals surface area contributed by atoms with Crippen molar-refractivity contribution in [1.29, 1.82) is 0 Å². The third kappa shape index (κ3) is 2.80. The SMILES string of the molecule is CCC(C)(OC)c1nc(CC(=O)OC)cs1. The Morgan fingerprint density at radius 3 is 2.75 bits per heavy atom. The van der Waals surface area contributed by atoms with E-state index in [0.29, 0.717) is 0 Å². The Morgan fingerprint density at radius 1 is 1.56 bits per heavy atom. The standard InChI is InChI=1S/C11H17NO3S/c1-5-11(2,15-4)10-12-8(7-16-10)6-9(13)14-3/h7H,5-6H2,1-4H3. The van der Waals surface area contributed by atoms with Gasteiger partial charge in [-0.05, 0) is 13.3 Å². The molecule has 0 saturated carbocycles. The highest BCUT2D eigenvalue weighted by Gasteiger charge is 2.27. The van der Waals surface area contributed by atoms with Crippen molar-refractivity contribution in [3.63, 3.8) is 0 Å². The maximum atomic E-state index is 11.1. The summed E-state index contributed by atoms with van der Waals surface area (Å²) in [7, 11) is 3.05. The second-order valence-corrected chi connectivity index (χ2v) is 4.54. The number of nitrogens with zero attached hydrogens (tertiary/aromatic N) is 1. The second-order valence-electron chi connectivity index (χ2n) is 3.69. The van der Waals surface area contributed by atoms with Crippen molar-refractivity contribution in [2.75, 3.05) is 14.2 Å². The molecule has 0 bridgehead atoms. The summed E-state index contributed by atoms with van der Waals surface area (Å²) in [6, 6.07) is 0. The molecule has 0 amide bonds. The number of ether oxygens (including phenoxy) is 2. The number of carbonyl (C=O) groups excluding carboxylic acids is 1. The molecular weight excluding hydrogens is 226 g/mol. The van der Waals surface area contributed by atoms with Gasteiger partial charge in [0.1, 0.15) is 10.6 Å². The minimum atomic E-state index is -0.362. The number of thiazole rings is 1. The molecule has 1 rings (SSSR count). The smallest absolute Gasteiger partial charge is 0.311 e. The molecule has 0 aromatic carbocycles. The van der Waals surface area contributed by atoms with Gasteiger partial charge in [-0.1, -0.05) is 6.92 Å². The molecule has 0 fully saturated rings. The molecule has 1 aromatic rings. The van der Waals surface area contributed by atoms with Crippen molar-refractivity contribution >= 4 is 17.3 Å². The van der Waals surface area contributed by atoms with E-state index in [1.54, 1.807) is 7.11 Å². The van der Waals surface area contributed by atoms with E-state index in [-0.39, 0.29) is 18.0 Å². The first-order valence-electron chi connectivity index (χ1n) is 5.12. The number of rotatable bonds is 5. The number of hydrogen-bond donors (Lipinski definition) is 0. The van der Waals surface area contributed by atoms with Gasteiger partial charge in [-0.3, -0.25) is 4.79 Å². The molecule has 0 saturated heterocycles. The van der Waals surface area contributed by atoms with Crippen LogP contribution in [0, 0.1) is 0 Å². The molecule has 1 atom stereocenters. The van der Waals surface area contributed by atoms with Crippen molar-refractivity contribution in [2.45, 2.75) is 32.3 Å². The van der Waals surface area contributed by atoms with Gasteiger partial charge < -0.3 is 9.47 Å². The van der Waals surface area contributed by atoms with E-state index in [2.05, 4.69) is 9.72 Å². The Kier molecular flexibility index (Phi) is 4.44. The first kappa shape index (κ1) is 13.1. The van der Waals surface area contributed by atoms with Gasteiger partial charge >= 0.3 is 5.97 Å². The first-order valence-corrected chi connectivity index (χ1v) is 6.00. The first-order chi connectivity index (χ1) is 7.55. The lowest BCUT2D eigenvalue weighted by Crippen LogP contribution is -2.23. The van der Waals surface area contributed by atoms with Crippen LogP contribution in [0.1, 0.15) is 31.0 Å². The van der Waals surface area contributed by atoms with Gasteiger partial charge in [0.25, 0.3) is 0 Å². The van der Waals surface area contributed by atoms with Crippen LogP contribution in [0.4, 0.5) is 0 Å². The highest BCUT2D eigenvalue weighted by Crippen LogP contribution is 2.30. The molecule has 0 N–H and O–H groups in total. The minimum Gasteiger partial charge on any atom is -0.469 e. The van der Waals surface area contributed by atoms with Crippen LogP contribution in [0.5, 0.6) is 0 Å². The summed E-state index contributed by atoms with van der Waals surface area (Å²) < 4.78 is 10.0. The predicted molar refractivity (Wildman–Crippen MR) is 62.5 cm³/mol. The average molecular weight is 243 g/mol. The van der Waals surface area contributed by atoms with Crippen LogP contribution in [0.3, 0.4) is 0 Å². The third-order valence-corrected chi connectivity index (χ3v) is 3.82. The molecule has 0 spiro atoms. The molecule has 0 aliphatic heterocycles. The topological polar surface area (TPSA) is 48.4 Å². The van der Waals surface area contributed by atoms with E-state index in [1.165, 1.54) is 18.4 Å². The average Bonchev–Trinajstić information content (AvgIpc) is 2.76. The summed E-state index contributed by atoms with van der Waals surface area (Å²) in [6.45, 7) is 4.04. The summed E-state index contributed by atoms with van der Waals surface area (Å²) >= 11 is 1.51. The third-order valence-electron chi connectivity index (χ3n) is 2.68. The monoisotopic (exact) mass is 243 g/mol. The van der Waals surface area contributed by atoms with Crippen LogP contribution in [-0.2, 0) is 26.3 Å². The van der Waals surface area contributed by atoms with Gasteiger partial charge in [0.05, 0.1) is 19.2 Å². The molecule has 0 aliphatic rings. The predicted octanol–water partition coefficient (Wildman–Crippen LogP) is 2.13. The lowest BCUT2D eigenvalue weighted by atomic mass is 10.1. The van der Waals surface area contributed by atoms with Crippen LogP contribution in [0.2, 0.25) is 0 Å². The van der Waals surface area contributed by atoms with Gasteiger partial charge in [0.2, 0.25) is 0 Å². The summed E-state index contributed by atoms with van der Waals surface area (Å²) in [4.78, 5) is 15.5. The zero-order valence-corrected chi connectivity index (χ0v) is 10.9. The maximum absolute atomic E-state index is 11.1. The van der Waals surface area contributed by atoms with Crippen LogP contribution in [0.15, 0.2) is 5.38 Å². The van der Waals surface area contributed by atoms with Crippen molar-refractivity contribution < 1.29 is 14.3 Å². The normalized spacial score (nSPS) is 14.5. The number of methoxy groups -OCH3 is 2. The fraction of sp³-hybridized carbons (Fsp3) is 0.636. The number of carbonyl (C=O) groups is 1. The van der Waals surface area contributed by atoms with E-state index in [1.807, 2.05) is 19.2 Å².